The summed E-state index contributed by atoms with van der Waals surface area (Å²) in [4.78, 5) is 11.0. The molecule has 0 fully saturated rings. The number of hydrogen-bond acceptors (Lipinski definition) is 2. The van der Waals surface area contributed by atoms with E-state index in [0.29, 0.717) is 10.6 Å². The second-order valence-electron chi connectivity index (χ2n) is 3.03. The highest BCUT2D eigenvalue weighted by Crippen LogP contribution is 2.23. The SMILES string of the molecule is CCOC(=O)C[C@H](F)c1ccc(Cl)cc1. The fourth-order valence-electron chi connectivity index (χ4n) is 1.16. The van der Waals surface area contributed by atoms with Crippen LogP contribution in [0.1, 0.15) is 25.1 Å². The number of carbonyl (C=O) groups is 1. The number of esters is 1. The summed E-state index contributed by atoms with van der Waals surface area (Å²) in [6, 6.07) is 6.31. The highest BCUT2D eigenvalue weighted by Gasteiger charge is 2.15. The van der Waals surface area contributed by atoms with Gasteiger partial charge in [0, 0.05) is 5.02 Å². The lowest BCUT2D eigenvalue weighted by Gasteiger charge is -2.07. The van der Waals surface area contributed by atoms with E-state index in [-0.39, 0.29) is 13.0 Å². The molecule has 1 atom stereocenters. The van der Waals surface area contributed by atoms with E-state index in [1.54, 1.807) is 31.2 Å². The van der Waals surface area contributed by atoms with E-state index in [1.165, 1.54) is 0 Å². The van der Waals surface area contributed by atoms with Gasteiger partial charge in [-0.3, -0.25) is 4.79 Å². The van der Waals surface area contributed by atoms with E-state index in [4.69, 9.17) is 11.6 Å². The number of ether oxygens (including phenoxy) is 1. The summed E-state index contributed by atoms with van der Waals surface area (Å²) in [6.07, 6.45) is -1.59. The third-order valence-corrected chi connectivity index (χ3v) is 2.13. The van der Waals surface area contributed by atoms with Gasteiger partial charge >= 0.3 is 5.97 Å². The molecule has 0 aliphatic rings. The van der Waals surface area contributed by atoms with Crippen LogP contribution < -0.4 is 0 Å². The first-order valence-electron chi connectivity index (χ1n) is 4.68. The van der Waals surface area contributed by atoms with Crippen LogP contribution in [0.4, 0.5) is 4.39 Å². The van der Waals surface area contributed by atoms with Crippen molar-refractivity contribution in [2.24, 2.45) is 0 Å². The number of rotatable bonds is 4. The summed E-state index contributed by atoms with van der Waals surface area (Å²) in [5.74, 6) is -0.528. The minimum Gasteiger partial charge on any atom is -0.466 e. The van der Waals surface area contributed by atoms with Crippen molar-refractivity contribution < 1.29 is 13.9 Å². The van der Waals surface area contributed by atoms with Crippen molar-refractivity contribution in [2.75, 3.05) is 6.61 Å². The molecule has 1 aromatic carbocycles. The van der Waals surface area contributed by atoms with Gasteiger partial charge in [-0.15, -0.1) is 0 Å². The first-order chi connectivity index (χ1) is 7.13. The van der Waals surface area contributed by atoms with Crippen LogP contribution >= 0.6 is 11.6 Å². The van der Waals surface area contributed by atoms with Crippen LogP contribution in [0, 0.1) is 0 Å². The molecule has 15 heavy (non-hydrogen) atoms. The van der Waals surface area contributed by atoms with E-state index in [0.717, 1.165) is 0 Å². The van der Waals surface area contributed by atoms with Crippen LogP contribution in [0.15, 0.2) is 24.3 Å². The van der Waals surface area contributed by atoms with Gasteiger partial charge in [0.05, 0.1) is 13.0 Å². The summed E-state index contributed by atoms with van der Waals surface area (Å²) in [7, 11) is 0. The topological polar surface area (TPSA) is 26.3 Å². The van der Waals surface area contributed by atoms with Crippen LogP contribution in [-0.2, 0) is 9.53 Å². The quantitative estimate of drug-likeness (QED) is 0.742. The smallest absolute Gasteiger partial charge is 0.309 e. The van der Waals surface area contributed by atoms with Crippen molar-refractivity contribution in [3.05, 3.63) is 34.9 Å². The zero-order valence-corrected chi connectivity index (χ0v) is 9.13. The average molecular weight is 231 g/mol. The molecular formula is C11H12ClFO2. The van der Waals surface area contributed by atoms with E-state index >= 15 is 0 Å². The average Bonchev–Trinajstić information content (AvgIpc) is 2.18. The third kappa shape index (κ3) is 3.88. The highest BCUT2D eigenvalue weighted by atomic mass is 35.5. The van der Waals surface area contributed by atoms with Crippen LogP contribution in [-0.4, -0.2) is 12.6 Å². The molecule has 0 saturated heterocycles. The Morgan fingerprint density at radius 2 is 2.07 bits per heavy atom. The molecular weight excluding hydrogens is 219 g/mol. The summed E-state index contributed by atoms with van der Waals surface area (Å²) >= 11 is 5.66. The van der Waals surface area contributed by atoms with Gasteiger partial charge in [-0.2, -0.15) is 0 Å². The third-order valence-electron chi connectivity index (χ3n) is 1.88. The fourth-order valence-corrected chi connectivity index (χ4v) is 1.28. The van der Waals surface area contributed by atoms with Gasteiger partial charge in [0.25, 0.3) is 0 Å². The summed E-state index contributed by atoms with van der Waals surface area (Å²) < 4.78 is 18.1. The van der Waals surface area contributed by atoms with E-state index in [9.17, 15) is 9.18 Å². The Morgan fingerprint density at radius 3 is 2.60 bits per heavy atom. The Kier molecular flexibility index (Phi) is 4.56. The Hall–Kier alpha value is -1.09. The molecule has 0 aromatic heterocycles. The fraction of sp³-hybridized carbons (Fsp3) is 0.364. The summed E-state index contributed by atoms with van der Waals surface area (Å²) in [6.45, 7) is 1.96. The molecule has 4 heteroatoms. The summed E-state index contributed by atoms with van der Waals surface area (Å²) in [5, 5.41) is 0.544. The molecule has 0 N–H and O–H groups in total. The Bertz CT molecular complexity index is 324. The Morgan fingerprint density at radius 1 is 1.47 bits per heavy atom. The second-order valence-corrected chi connectivity index (χ2v) is 3.46. The predicted octanol–water partition coefficient (Wildman–Crippen LogP) is 3.30. The standard InChI is InChI=1S/C11H12ClFO2/c1-2-15-11(14)7-10(13)8-3-5-9(12)6-4-8/h3-6,10H,2,7H2,1H3/t10-/m0/s1. The molecule has 0 saturated carbocycles. The number of benzene rings is 1. The largest absolute Gasteiger partial charge is 0.466 e. The molecule has 82 valence electrons. The second kappa shape index (κ2) is 5.71. The maximum Gasteiger partial charge on any atom is 0.309 e. The zero-order chi connectivity index (χ0) is 11.3. The maximum atomic E-state index is 13.5. The monoisotopic (exact) mass is 230 g/mol. The van der Waals surface area contributed by atoms with Crippen molar-refractivity contribution in [2.45, 2.75) is 19.5 Å². The lowest BCUT2D eigenvalue weighted by atomic mass is 10.1. The molecule has 0 aliphatic carbocycles. The number of carbonyl (C=O) groups excluding carboxylic acids is 1. The summed E-state index contributed by atoms with van der Waals surface area (Å²) in [5.41, 5.74) is 0.437. The van der Waals surface area contributed by atoms with Crippen LogP contribution in [0.5, 0.6) is 0 Å². The van der Waals surface area contributed by atoms with E-state index in [2.05, 4.69) is 4.74 Å². The van der Waals surface area contributed by atoms with Crippen molar-refractivity contribution in [3.63, 3.8) is 0 Å². The van der Waals surface area contributed by atoms with E-state index < -0.39 is 12.1 Å². The zero-order valence-electron chi connectivity index (χ0n) is 8.37. The first-order valence-corrected chi connectivity index (χ1v) is 5.06. The molecule has 2 nitrogen and oxygen atoms in total. The predicted molar refractivity (Wildman–Crippen MR) is 56.6 cm³/mol. The van der Waals surface area contributed by atoms with Gasteiger partial charge in [0.2, 0.25) is 0 Å². The molecule has 1 rings (SSSR count). The van der Waals surface area contributed by atoms with E-state index in [1.807, 2.05) is 0 Å². The van der Waals surface area contributed by atoms with Gasteiger partial charge in [-0.1, -0.05) is 23.7 Å². The van der Waals surface area contributed by atoms with Gasteiger partial charge in [-0.05, 0) is 24.6 Å². The minimum atomic E-state index is -1.33. The molecule has 0 spiro atoms. The number of hydrogen-bond donors (Lipinski definition) is 0. The first kappa shape index (κ1) is 12.0. The highest BCUT2D eigenvalue weighted by molar-refractivity contribution is 6.30. The van der Waals surface area contributed by atoms with Crippen molar-refractivity contribution >= 4 is 17.6 Å². The lowest BCUT2D eigenvalue weighted by Crippen LogP contribution is -2.07. The molecule has 0 heterocycles. The Labute approximate surface area is 93.0 Å². The minimum absolute atomic E-state index is 0.254. The molecule has 0 aliphatic heterocycles. The van der Waals surface area contributed by atoms with Crippen LogP contribution in [0.3, 0.4) is 0 Å². The molecule has 1 aromatic rings. The van der Waals surface area contributed by atoms with Crippen molar-refractivity contribution in [1.29, 1.82) is 0 Å². The van der Waals surface area contributed by atoms with Gasteiger partial charge in [0.1, 0.15) is 6.17 Å². The van der Waals surface area contributed by atoms with Gasteiger partial charge < -0.3 is 4.74 Å². The van der Waals surface area contributed by atoms with Crippen molar-refractivity contribution in [3.8, 4) is 0 Å². The lowest BCUT2D eigenvalue weighted by molar-refractivity contribution is -0.144. The maximum absolute atomic E-state index is 13.5. The van der Waals surface area contributed by atoms with Crippen molar-refractivity contribution in [1.82, 2.24) is 0 Å². The van der Waals surface area contributed by atoms with Gasteiger partial charge in [-0.25, -0.2) is 4.39 Å². The molecule has 0 unspecified atom stereocenters. The van der Waals surface area contributed by atoms with Crippen LogP contribution in [0.25, 0.3) is 0 Å². The number of alkyl halides is 1. The molecule has 0 amide bonds. The molecule has 0 radical (unpaired) electrons. The normalized spacial score (nSPS) is 12.2. The van der Waals surface area contributed by atoms with Crippen LogP contribution in [0.2, 0.25) is 5.02 Å². The Balaban J connectivity index is 2.57. The molecule has 0 bridgehead atoms. The number of halogens is 2. The van der Waals surface area contributed by atoms with Gasteiger partial charge in [0.15, 0.2) is 0 Å².